The fraction of sp³-hybridized carbons (Fsp3) is 0.286. The number of anilines is 1. The first-order valence-electron chi connectivity index (χ1n) is 9.34. The van der Waals surface area contributed by atoms with Crippen LogP contribution >= 0.6 is 22.6 Å². The third-order valence-electron chi connectivity index (χ3n) is 4.99. The van der Waals surface area contributed by atoms with Gasteiger partial charge in [0.1, 0.15) is 5.69 Å². The lowest BCUT2D eigenvalue weighted by Crippen LogP contribution is -2.40. The zero-order valence-electron chi connectivity index (χ0n) is 15.3. The first kappa shape index (κ1) is 18.9. The topological polar surface area (TPSA) is 71.3 Å². The number of nitrogens with one attached hydrogen (secondary N) is 1. The van der Waals surface area contributed by atoms with Crippen molar-refractivity contribution in [3.8, 4) is 11.5 Å². The SMILES string of the molecule is O=C(NCc1ccc(I)cc1)C1CCN(c2ccc(-c3ccco3)nn2)CC1. The summed E-state index contributed by atoms with van der Waals surface area (Å²) in [6, 6.07) is 15.8. The number of piperidine rings is 1. The Bertz CT molecular complexity index is 903. The van der Waals surface area contributed by atoms with Gasteiger partial charge in [0.2, 0.25) is 5.91 Å². The Balaban J connectivity index is 1.28. The van der Waals surface area contributed by atoms with Gasteiger partial charge in [-0.2, -0.15) is 0 Å². The Morgan fingerprint density at radius 3 is 2.54 bits per heavy atom. The van der Waals surface area contributed by atoms with Crippen molar-refractivity contribution in [1.29, 1.82) is 0 Å². The predicted octanol–water partition coefficient (Wildman–Crippen LogP) is 3.87. The molecule has 0 aliphatic carbocycles. The van der Waals surface area contributed by atoms with Crippen molar-refractivity contribution >= 4 is 34.3 Å². The number of hydrogen-bond acceptors (Lipinski definition) is 5. The summed E-state index contributed by atoms with van der Waals surface area (Å²) >= 11 is 2.28. The quantitative estimate of drug-likeness (QED) is 0.553. The molecule has 0 atom stereocenters. The van der Waals surface area contributed by atoms with E-state index in [0.717, 1.165) is 43.0 Å². The van der Waals surface area contributed by atoms with Crippen LogP contribution in [0.1, 0.15) is 18.4 Å². The molecule has 1 aromatic carbocycles. The Morgan fingerprint density at radius 2 is 1.89 bits per heavy atom. The maximum atomic E-state index is 12.5. The lowest BCUT2D eigenvalue weighted by atomic mass is 9.96. The molecule has 28 heavy (non-hydrogen) atoms. The summed E-state index contributed by atoms with van der Waals surface area (Å²) < 4.78 is 6.54. The average Bonchev–Trinajstić information content (AvgIpc) is 3.28. The zero-order valence-corrected chi connectivity index (χ0v) is 17.5. The highest BCUT2D eigenvalue weighted by atomic mass is 127. The molecule has 0 saturated carbocycles. The summed E-state index contributed by atoms with van der Waals surface area (Å²) in [6.07, 6.45) is 3.26. The van der Waals surface area contributed by atoms with Gasteiger partial charge in [0, 0.05) is 29.1 Å². The molecule has 1 aliphatic heterocycles. The van der Waals surface area contributed by atoms with Crippen LogP contribution in [0.25, 0.3) is 11.5 Å². The standard InChI is InChI=1S/C21H21IN4O2/c22-17-5-3-15(4-6-17)14-23-21(27)16-9-11-26(12-10-16)20-8-7-18(24-25-20)19-2-1-13-28-19/h1-8,13,16H,9-12,14H2,(H,23,27). The maximum Gasteiger partial charge on any atom is 0.223 e. The van der Waals surface area contributed by atoms with Gasteiger partial charge in [-0.05, 0) is 77.4 Å². The number of amides is 1. The van der Waals surface area contributed by atoms with Crippen molar-refractivity contribution < 1.29 is 9.21 Å². The molecule has 144 valence electrons. The molecular weight excluding hydrogens is 467 g/mol. The molecule has 3 aromatic rings. The van der Waals surface area contributed by atoms with Crippen molar-refractivity contribution in [3.63, 3.8) is 0 Å². The molecule has 1 saturated heterocycles. The van der Waals surface area contributed by atoms with Crippen LogP contribution in [0, 0.1) is 9.49 Å². The normalized spacial score (nSPS) is 14.8. The number of carbonyl (C=O) groups is 1. The predicted molar refractivity (Wildman–Crippen MR) is 116 cm³/mol. The van der Waals surface area contributed by atoms with E-state index in [4.69, 9.17) is 4.42 Å². The molecule has 0 bridgehead atoms. The molecule has 4 rings (SSSR count). The Hall–Kier alpha value is -2.42. The van der Waals surface area contributed by atoms with Crippen LogP contribution in [0.3, 0.4) is 0 Å². The molecule has 1 fully saturated rings. The highest BCUT2D eigenvalue weighted by Gasteiger charge is 2.25. The van der Waals surface area contributed by atoms with Crippen LogP contribution in [0.5, 0.6) is 0 Å². The number of rotatable bonds is 5. The molecule has 3 heterocycles. The zero-order chi connectivity index (χ0) is 19.3. The summed E-state index contributed by atoms with van der Waals surface area (Å²) in [5.41, 5.74) is 1.84. The minimum Gasteiger partial charge on any atom is -0.463 e. The van der Waals surface area contributed by atoms with Gasteiger partial charge in [-0.25, -0.2) is 0 Å². The van der Waals surface area contributed by atoms with E-state index in [-0.39, 0.29) is 11.8 Å². The number of aromatic nitrogens is 2. The molecule has 1 aliphatic rings. The van der Waals surface area contributed by atoms with Crippen LogP contribution < -0.4 is 10.2 Å². The van der Waals surface area contributed by atoms with E-state index in [1.165, 1.54) is 3.57 Å². The summed E-state index contributed by atoms with van der Waals surface area (Å²) in [5.74, 6) is 1.74. The molecule has 0 spiro atoms. The Morgan fingerprint density at radius 1 is 1.11 bits per heavy atom. The van der Waals surface area contributed by atoms with Gasteiger partial charge < -0.3 is 14.6 Å². The minimum absolute atomic E-state index is 0.0513. The Labute approximate surface area is 177 Å². The number of benzene rings is 1. The molecule has 2 aromatic heterocycles. The van der Waals surface area contributed by atoms with Crippen LogP contribution in [-0.2, 0) is 11.3 Å². The highest BCUT2D eigenvalue weighted by Crippen LogP contribution is 2.23. The van der Waals surface area contributed by atoms with E-state index in [1.807, 2.05) is 24.3 Å². The summed E-state index contributed by atoms with van der Waals surface area (Å²) in [7, 11) is 0. The molecule has 1 N–H and O–H groups in total. The summed E-state index contributed by atoms with van der Waals surface area (Å²) in [6.45, 7) is 2.18. The third-order valence-corrected chi connectivity index (χ3v) is 5.71. The molecular formula is C21H21IN4O2. The fourth-order valence-corrected chi connectivity index (χ4v) is 3.72. The van der Waals surface area contributed by atoms with E-state index in [1.54, 1.807) is 6.26 Å². The number of carbonyl (C=O) groups excluding carboxylic acids is 1. The highest BCUT2D eigenvalue weighted by molar-refractivity contribution is 14.1. The second-order valence-corrected chi connectivity index (χ2v) is 8.11. The molecule has 6 nitrogen and oxygen atoms in total. The first-order valence-corrected chi connectivity index (χ1v) is 10.4. The van der Waals surface area contributed by atoms with Gasteiger partial charge in [0.05, 0.1) is 6.26 Å². The van der Waals surface area contributed by atoms with Crippen molar-refractivity contribution in [3.05, 3.63) is 63.9 Å². The lowest BCUT2D eigenvalue weighted by Gasteiger charge is -2.31. The van der Waals surface area contributed by atoms with Crippen molar-refractivity contribution in [2.75, 3.05) is 18.0 Å². The van der Waals surface area contributed by atoms with Crippen LogP contribution in [-0.4, -0.2) is 29.2 Å². The third kappa shape index (κ3) is 4.52. The number of furan rings is 1. The average molecular weight is 488 g/mol. The van der Waals surface area contributed by atoms with Crippen molar-refractivity contribution in [2.45, 2.75) is 19.4 Å². The monoisotopic (exact) mass is 488 g/mol. The maximum absolute atomic E-state index is 12.5. The largest absolute Gasteiger partial charge is 0.463 e. The second-order valence-electron chi connectivity index (χ2n) is 6.86. The van der Waals surface area contributed by atoms with Crippen LogP contribution in [0.2, 0.25) is 0 Å². The lowest BCUT2D eigenvalue weighted by molar-refractivity contribution is -0.125. The van der Waals surface area contributed by atoms with Gasteiger partial charge in [-0.15, -0.1) is 10.2 Å². The van der Waals surface area contributed by atoms with Crippen molar-refractivity contribution in [1.82, 2.24) is 15.5 Å². The number of hydrogen-bond donors (Lipinski definition) is 1. The van der Waals surface area contributed by atoms with Crippen LogP contribution in [0.4, 0.5) is 5.82 Å². The van der Waals surface area contributed by atoms with E-state index >= 15 is 0 Å². The second kappa shape index (κ2) is 8.72. The van der Waals surface area contributed by atoms with Gasteiger partial charge in [-0.1, -0.05) is 12.1 Å². The first-order chi connectivity index (χ1) is 13.7. The summed E-state index contributed by atoms with van der Waals surface area (Å²) in [5, 5.41) is 11.6. The van der Waals surface area contributed by atoms with Crippen LogP contribution in [0.15, 0.2) is 59.2 Å². The van der Waals surface area contributed by atoms with Gasteiger partial charge in [0.25, 0.3) is 0 Å². The Kier molecular flexibility index (Phi) is 5.90. The van der Waals surface area contributed by atoms with E-state index in [0.29, 0.717) is 12.3 Å². The van der Waals surface area contributed by atoms with Gasteiger partial charge in [-0.3, -0.25) is 4.79 Å². The summed E-state index contributed by atoms with van der Waals surface area (Å²) in [4.78, 5) is 14.7. The number of halogens is 1. The fourth-order valence-electron chi connectivity index (χ4n) is 3.36. The molecule has 7 heteroatoms. The minimum atomic E-state index is 0.0513. The van der Waals surface area contributed by atoms with Gasteiger partial charge >= 0.3 is 0 Å². The molecule has 0 radical (unpaired) electrons. The number of nitrogens with zero attached hydrogens (tertiary/aromatic N) is 3. The smallest absolute Gasteiger partial charge is 0.223 e. The molecule has 1 amide bonds. The van der Waals surface area contributed by atoms with E-state index < -0.39 is 0 Å². The van der Waals surface area contributed by atoms with E-state index in [9.17, 15) is 4.79 Å². The van der Waals surface area contributed by atoms with Gasteiger partial charge in [0.15, 0.2) is 11.6 Å². The van der Waals surface area contributed by atoms with E-state index in [2.05, 4.69) is 67.3 Å². The molecule has 0 unspecified atom stereocenters. The van der Waals surface area contributed by atoms with Crippen molar-refractivity contribution in [2.24, 2.45) is 5.92 Å².